The fraction of sp³-hybridized carbons (Fsp3) is 0.381. The van der Waals surface area contributed by atoms with Crippen LogP contribution in [0.15, 0.2) is 42.5 Å². The summed E-state index contributed by atoms with van der Waals surface area (Å²) in [6, 6.07) is 13.7. The number of benzene rings is 2. The van der Waals surface area contributed by atoms with Gasteiger partial charge in [-0.05, 0) is 49.4 Å². The van der Waals surface area contributed by atoms with Gasteiger partial charge in [0, 0.05) is 6.42 Å². The molecule has 1 nitrogen and oxygen atoms in total. The maximum absolute atomic E-state index is 12.8. The molecule has 0 unspecified atom stereocenters. The number of aryl methyl sites for hydroxylation is 3. The number of hydrogen-bond acceptors (Lipinski definition) is 1. The maximum atomic E-state index is 12.8. The van der Waals surface area contributed by atoms with Crippen molar-refractivity contribution in [2.45, 2.75) is 52.9 Å². The Labute approximate surface area is 139 Å². The Hall–Kier alpha value is -1.96. The maximum Gasteiger partial charge on any atom is 0.126 e. The molecule has 2 aromatic carbocycles. The number of halogens is 1. The average Bonchev–Trinajstić information content (AvgIpc) is 2.54. The van der Waals surface area contributed by atoms with Gasteiger partial charge in [-0.25, -0.2) is 4.39 Å². The third-order valence-electron chi connectivity index (χ3n) is 3.74. The molecule has 0 saturated carbocycles. The molecule has 23 heavy (non-hydrogen) atoms. The van der Waals surface area contributed by atoms with E-state index in [0.29, 0.717) is 5.56 Å². The van der Waals surface area contributed by atoms with E-state index in [1.54, 1.807) is 19.1 Å². The summed E-state index contributed by atoms with van der Waals surface area (Å²) in [5.41, 5.74) is 4.17. The van der Waals surface area contributed by atoms with Gasteiger partial charge in [-0.15, -0.1) is 0 Å². The van der Waals surface area contributed by atoms with Crippen LogP contribution < -0.4 is 0 Å². The van der Waals surface area contributed by atoms with Crippen LogP contribution in [0.5, 0.6) is 0 Å². The Balaban J connectivity index is 0.000000231. The van der Waals surface area contributed by atoms with Gasteiger partial charge in [0.1, 0.15) is 12.1 Å². The largest absolute Gasteiger partial charge is 0.303 e. The Bertz CT molecular complexity index is 587. The van der Waals surface area contributed by atoms with E-state index in [0.717, 1.165) is 11.8 Å². The van der Waals surface area contributed by atoms with Crippen molar-refractivity contribution in [3.8, 4) is 0 Å². The molecular formula is C21H27FO. The standard InChI is InChI=1S/C12H18.C9H9FO/c1-3-4-5-6-12-9-7-11(2)8-10-12;1-7-2-3-8(4-5-11)6-9(7)10/h7-10H,3-6H2,1-2H3;2-3,5-6H,4H2,1H3. The highest BCUT2D eigenvalue weighted by atomic mass is 19.1. The van der Waals surface area contributed by atoms with Crippen LogP contribution in [0.4, 0.5) is 4.39 Å². The van der Waals surface area contributed by atoms with Crippen LogP contribution in [0.1, 0.15) is 48.4 Å². The molecule has 0 saturated heterocycles. The van der Waals surface area contributed by atoms with Crippen molar-refractivity contribution in [3.63, 3.8) is 0 Å². The zero-order chi connectivity index (χ0) is 17.1. The molecule has 0 amide bonds. The van der Waals surface area contributed by atoms with Gasteiger partial charge in [-0.2, -0.15) is 0 Å². The lowest BCUT2D eigenvalue weighted by Crippen LogP contribution is -1.89. The quantitative estimate of drug-likeness (QED) is 0.501. The molecule has 0 aliphatic heterocycles. The van der Waals surface area contributed by atoms with Gasteiger partial charge >= 0.3 is 0 Å². The van der Waals surface area contributed by atoms with Crippen molar-refractivity contribution >= 4 is 6.29 Å². The van der Waals surface area contributed by atoms with E-state index >= 15 is 0 Å². The van der Waals surface area contributed by atoms with Gasteiger partial charge in [0.05, 0.1) is 0 Å². The minimum atomic E-state index is -0.246. The van der Waals surface area contributed by atoms with E-state index in [9.17, 15) is 9.18 Å². The van der Waals surface area contributed by atoms with Crippen LogP contribution in [0.3, 0.4) is 0 Å². The first-order chi connectivity index (χ1) is 11.1. The average molecular weight is 314 g/mol. The van der Waals surface area contributed by atoms with E-state index in [1.807, 2.05) is 0 Å². The highest BCUT2D eigenvalue weighted by Crippen LogP contribution is 2.09. The Morgan fingerprint density at radius 2 is 1.61 bits per heavy atom. The highest BCUT2D eigenvalue weighted by Gasteiger charge is 1.97. The van der Waals surface area contributed by atoms with E-state index in [1.165, 1.54) is 42.9 Å². The summed E-state index contributed by atoms with van der Waals surface area (Å²) in [5.74, 6) is -0.246. The summed E-state index contributed by atoms with van der Waals surface area (Å²) in [5, 5.41) is 0. The van der Waals surface area contributed by atoms with Gasteiger partial charge in [0.25, 0.3) is 0 Å². The van der Waals surface area contributed by atoms with E-state index < -0.39 is 0 Å². The first-order valence-corrected chi connectivity index (χ1v) is 8.31. The van der Waals surface area contributed by atoms with Crippen LogP contribution >= 0.6 is 0 Å². The molecule has 0 spiro atoms. The SMILES string of the molecule is CCCCCc1ccc(C)cc1.Cc1ccc(CC=O)cc1F. The molecular weight excluding hydrogens is 287 g/mol. The number of aldehydes is 1. The third kappa shape index (κ3) is 7.73. The second-order valence-corrected chi connectivity index (χ2v) is 5.90. The van der Waals surface area contributed by atoms with Crippen molar-refractivity contribution in [1.82, 2.24) is 0 Å². The lowest BCUT2D eigenvalue weighted by Gasteiger charge is -2.00. The summed E-state index contributed by atoms with van der Waals surface area (Å²) in [6.07, 6.45) is 6.30. The minimum absolute atomic E-state index is 0.246. The van der Waals surface area contributed by atoms with Crippen molar-refractivity contribution in [2.75, 3.05) is 0 Å². The number of hydrogen-bond donors (Lipinski definition) is 0. The van der Waals surface area contributed by atoms with Gasteiger partial charge in [0.15, 0.2) is 0 Å². The van der Waals surface area contributed by atoms with Gasteiger partial charge < -0.3 is 4.79 Å². The molecule has 0 aromatic heterocycles. The summed E-state index contributed by atoms with van der Waals surface area (Å²) >= 11 is 0. The highest BCUT2D eigenvalue weighted by molar-refractivity contribution is 5.54. The predicted octanol–water partition coefficient (Wildman–Crippen LogP) is 5.60. The second-order valence-electron chi connectivity index (χ2n) is 5.90. The van der Waals surface area contributed by atoms with Crippen LogP contribution in [0.2, 0.25) is 0 Å². The monoisotopic (exact) mass is 314 g/mol. The summed E-state index contributed by atoms with van der Waals surface area (Å²) in [4.78, 5) is 10.0. The first-order valence-electron chi connectivity index (χ1n) is 8.31. The van der Waals surface area contributed by atoms with Crippen molar-refractivity contribution in [3.05, 3.63) is 70.5 Å². The minimum Gasteiger partial charge on any atom is -0.303 e. The van der Waals surface area contributed by atoms with E-state index in [-0.39, 0.29) is 12.2 Å². The summed E-state index contributed by atoms with van der Waals surface area (Å²) in [7, 11) is 0. The van der Waals surface area contributed by atoms with Gasteiger partial charge in [-0.3, -0.25) is 0 Å². The van der Waals surface area contributed by atoms with Crippen molar-refractivity contribution in [1.29, 1.82) is 0 Å². The smallest absolute Gasteiger partial charge is 0.126 e. The number of carbonyl (C=O) groups excluding carboxylic acids is 1. The molecule has 0 fully saturated rings. The zero-order valence-corrected chi connectivity index (χ0v) is 14.4. The molecule has 2 heteroatoms. The second kappa shape index (κ2) is 10.7. The Kier molecular flexibility index (Phi) is 8.89. The molecule has 2 rings (SSSR count). The summed E-state index contributed by atoms with van der Waals surface area (Å²) in [6.45, 7) is 6.07. The lowest BCUT2D eigenvalue weighted by molar-refractivity contribution is -0.107. The predicted molar refractivity (Wildman–Crippen MR) is 95.3 cm³/mol. The van der Waals surface area contributed by atoms with E-state index in [4.69, 9.17) is 0 Å². The number of rotatable bonds is 6. The molecule has 0 radical (unpaired) electrons. The van der Waals surface area contributed by atoms with Crippen LogP contribution in [-0.4, -0.2) is 6.29 Å². The van der Waals surface area contributed by atoms with Crippen LogP contribution in [0.25, 0.3) is 0 Å². The van der Waals surface area contributed by atoms with E-state index in [2.05, 4.69) is 38.1 Å². The fourth-order valence-corrected chi connectivity index (χ4v) is 2.19. The Morgan fingerprint density at radius 3 is 2.17 bits per heavy atom. The zero-order valence-electron chi connectivity index (χ0n) is 14.4. The molecule has 0 atom stereocenters. The first kappa shape index (κ1) is 19.1. The molecule has 0 bridgehead atoms. The molecule has 124 valence electrons. The molecule has 0 aliphatic rings. The number of unbranched alkanes of at least 4 members (excludes halogenated alkanes) is 2. The van der Waals surface area contributed by atoms with Crippen molar-refractivity contribution < 1.29 is 9.18 Å². The van der Waals surface area contributed by atoms with Gasteiger partial charge in [-0.1, -0.05) is 61.7 Å². The summed E-state index contributed by atoms with van der Waals surface area (Å²) < 4.78 is 12.8. The normalized spacial score (nSPS) is 9.91. The molecule has 0 heterocycles. The van der Waals surface area contributed by atoms with Crippen molar-refractivity contribution in [2.24, 2.45) is 0 Å². The molecule has 0 aliphatic carbocycles. The van der Waals surface area contributed by atoms with Crippen LogP contribution in [-0.2, 0) is 17.6 Å². The molecule has 0 N–H and O–H groups in total. The van der Waals surface area contributed by atoms with Crippen LogP contribution in [0, 0.1) is 19.7 Å². The fourth-order valence-electron chi connectivity index (χ4n) is 2.19. The number of carbonyl (C=O) groups is 1. The Morgan fingerprint density at radius 1 is 0.957 bits per heavy atom. The lowest BCUT2D eigenvalue weighted by atomic mass is 10.1. The van der Waals surface area contributed by atoms with Gasteiger partial charge in [0.2, 0.25) is 0 Å². The molecule has 2 aromatic rings. The topological polar surface area (TPSA) is 17.1 Å². The third-order valence-corrected chi connectivity index (χ3v) is 3.74.